The zero-order chi connectivity index (χ0) is 21.2. The van der Waals surface area contributed by atoms with Crippen LogP contribution in [0.25, 0.3) is 0 Å². The van der Waals surface area contributed by atoms with E-state index in [9.17, 15) is 18.9 Å². The van der Waals surface area contributed by atoms with E-state index in [1.54, 1.807) is 44.3 Å². The number of alkyl halides is 2. The maximum Gasteiger partial charge on any atom is 0.387 e. The fourth-order valence-electron chi connectivity index (χ4n) is 2.51. The van der Waals surface area contributed by atoms with Crippen molar-refractivity contribution in [2.24, 2.45) is 4.99 Å². The smallest absolute Gasteiger partial charge is 0.387 e. The number of rotatable bonds is 9. The first-order valence-corrected chi connectivity index (χ1v) is 8.82. The molecule has 0 aromatic heterocycles. The van der Waals surface area contributed by atoms with Crippen LogP contribution in [0.3, 0.4) is 0 Å². The highest BCUT2D eigenvalue weighted by Crippen LogP contribution is 2.32. The van der Waals surface area contributed by atoms with Crippen LogP contribution >= 0.6 is 0 Å². The summed E-state index contributed by atoms with van der Waals surface area (Å²) >= 11 is 0. The molecule has 0 amide bonds. The molecule has 0 saturated carbocycles. The summed E-state index contributed by atoms with van der Waals surface area (Å²) in [5.74, 6) is 0.636. The number of hydrogen-bond donors (Lipinski definition) is 2. The zero-order valence-corrected chi connectivity index (χ0v) is 16.0. The number of hydrogen-bond acceptors (Lipinski definition) is 5. The normalized spacial score (nSPS) is 11.3. The van der Waals surface area contributed by atoms with E-state index in [1.807, 2.05) is 0 Å². The molecule has 29 heavy (non-hydrogen) atoms. The van der Waals surface area contributed by atoms with E-state index in [2.05, 4.69) is 20.4 Å². The lowest BCUT2D eigenvalue weighted by Gasteiger charge is -2.17. The molecule has 0 fully saturated rings. The summed E-state index contributed by atoms with van der Waals surface area (Å²) in [6, 6.07) is 11.0. The Labute approximate surface area is 166 Å². The van der Waals surface area contributed by atoms with Crippen molar-refractivity contribution in [3.05, 3.63) is 63.7 Å². The molecule has 0 atom stereocenters. The monoisotopic (exact) mass is 408 g/mol. The van der Waals surface area contributed by atoms with Crippen LogP contribution in [0, 0.1) is 10.1 Å². The minimum Gasteiger partial charge on any atom is -0.490 e. The lowest BCUT2D eigenvalue weighted by Crippen LogP contribution is -2.36. The van der Waals surface area contributed by atoms with Gasteiger partial charge >= 0.3 is 6.61 Å². The minimum atomic E-state index is -2.98. The topological polar surface area (TPSA) is 98.0 Å². The number of benzene rings is 2. The zero-order valence-electron chi connectivity index (χ0n) is 16.0. The third-order valence-electron chi connectivity index (χ3n) is 3.84. The van der Waals surface area contributed by atoms with Gasteiger partial charge in [0.1, 0.15) is 0 Å². The standard InChI is InChI=1S/C19H22F2N4O4/c1-3-28-16-6-4-5-14(17(16)29-18(20)21)12-24-19(22-2)23-11-13-7-9-15(10-8-13)25(26)27/h4-10,18H,3,11-12H2,1-2H3,(H2,22,23,24). The van der Waals surface area contributed by atoms with Crippen LogP contribution in [-0.2, 0) is 13.1 Å². The maximum atomic E-state index is 12.8. The highest BCUT2D eigenvalue weighted by atomic mass is 19.3. The van der Waals surface area contributed by atoms with Crippen molar-refractivity contribution in [1.82, 2.24) is 10.6 Å². The molecule has 8 nitrogen and oxygen atoms in total. The van der Waals surface area contributed by atoms with Crippen LogP contribution in [-0.4, -0.2) is 31.1 Å². The number of non-ortho nitro benzene ring substituents is 1. The molecule has 2 aromatic carbocycles. The van der Waals surface area contributed by atoms with Gasteiger partial charge in [0.25, 0.3) is 5.69 Å². The van der Waals surface area contributed by atoms with Gasteiger partial charge in [-0.2, -0.15) is 8.78 Å². The number of aliphatic imine (C=N–C) groups is 1. The number of para-hydroxylation sites is 1. The second kappa shape index (κ2) is 10.8. The van der Waals surface area contributed by atoms with Crippen molar-refractivity contribution in [3.63, 3.8) is 0 Å². The van der Waals surface area contributed by atoms with Gasteiger partial charge in [0.05, 0.1) is 11.5 Å². The van der Waals surface area contributed by atoms with Gasteiger partial charge in [-0.05, 0) is 18.6 Å². The summed E-state index contributed by atoms with van der Waals surface area (Å²) in [4.78, 5) is 14.3. The van der Waals surface area contributed by atoms with E-state index in [1.165, 1.54) is 12.1 Å². The van der Waals surface area contributed by atoms with Gasteiger partial charge < -0.3 is 20.1 Å². The van der Waals surface area contributed by atoms with Gasteiger partial charge in [0, 0.05) is 37.8 Å². The van der Waals surface area contributed by atoms with Crippen molar-refractivity contribution in [1.29, 1.82) is 0 Å². The van der Waals surface area contributed by atoms with Gasteiger partial charge in [-0.15, -0.1) is 0 Å². The van der Waals surface area contributed by atoms with Crippen molar-refractivity contribution in [3.8, 4) is 11.5 Å². The Bertz CT molecular complexity index is 845. The summed E-state index contributed by atoms with van der Waals surface area (Å²) in [7, 11) is 1.57. The van der Waals surface area contributed by atoms with E-state index >= 15 is 0 Å². The molecule has 0 aliphatic rings. The molecule has 2 N–H and O–H groups in total. The van der Waals surface area contributed by atoms with E-state index in [-0.39, 0.29) is 23.7 Å². The van der Waals surface area contributed by atoms with Crippen LogP contribution in [0.2, 0.25) is 0 Å². The molecule has 10 heteroatoms. The lowest BCUT2D eigenvalue weighted by molar-refractivity contribution is -0.384. The molecule has 0 aliphatic heterocycles. The molecule has 2 aromatic rings. The molecular formula is C19H22F2N4O4. The van der Waals surface area contributed by atoms with Gasteiger partial charge in [0.15, 0.2) is 17.5 Å². The summed E-state index contributed by atoms with van der Waals surface area (Å²) in [5, 5.41) is 16.8. The quantitative estimate of drug-likeness (QED) is 0.285. The third kappa shape index (κ3) is 6.59. The summed E-state index contributed by atoms with van der Waals surface area (Å²) in [6.07, 6.45) is 0. The fourth-order valence-corrected chi connectivity index (χ4v) is 2.51. The Morgan fingerprint density at radius 3 is 2.45 bits per heavy atom. The predicted molar refractivity (Wildman–Crippen MR) is 104 cm³/mol. The number of nitrogens with zero attached hydrogens (tertiary/aromatic N) is 2. The minimum absolute atomic E-state index is 0.0111. The lowest BCUT2D eigenvalue weighted by atomic mass is 10.2. The van der Waals surface area contributed by atoms with Gasteiger partial charge in [0.2, 0.25) is 0 Å². The largest absolute Gasteiger partial charge is 0.490 e. The van der Waals surface area contributed by atoms with E-state index in [0.717, 1.165) is 5.56 Å². The molecule has 0 heterocycles. The highest BCUT2D eigenvalue weighted by molar-refractivity contribution is 5.79. The molecular weight excluding hydrogens is 386 g/mol. The number of guanidine groups is 1. The van der Waals surface area contributed by atoms with Gasteiger partial charge in [-0.1, -0.05) is 24.3 Å². The van der Waals surface area contributed by atoms with Crippen molar-refractivity contribution in [2.75, 3.05) is 13.7 Å². The van der Waals surface area contributed by atoms with Crippen LogP contribution in [0.1, 0.15) is 18.1 Å². The SMILES string of the molecule is CCOc1cccc(CNC(=NC)NCc2ccc([N+](=O)[O-])cc2)c1OC(F)F. The Morgan fingerprint density at radius 1 is 1.17 bits per heavy atom. The first kappa shape index (κ1) is 21.9. The molecule has 0 aliphatic carbocycles. The number of nitro groups is 1. The molecule has 156 valence electrons. The molecule has 2 rings (SSSR count). The molecule has 0 bridgehead atoms. The maximum absolute atomic E-state index is 12.8. The number of nitro benzene ring substituents is 1. The summed E-state index contributed by atoms with van der Waals surface area (Å²) < 4.78 is 35.6. The van der Waals surface area contributed by atoms with Crippen LogP contribution in [0.4, 0.5) is 14.5 Å². The first-order valence-electron chi connectivity index (χ1n) is 8.82. The number of nitrogens with one attached hydrogen (secondary N) is 2. The average Bonchev–Trinajstić information content (AvgIpc) is 2.70. The average molecular weight is 408 g/mol. The number of ether oxygens (including phenoxy) is 2. The first-order chi connectivity index (χ1) is 13.9. The fraction of sp³-hybridized carbons (Fsp3) is 0.316. The van der Waals surface area contributed by atoms with Crippen LogP contribution in [0.5, 0.6) is 11.5 Å². The molecule has 0 unspecified atom stereocenters. The number of halogens is 2. The van der Waals surface area contributed by atoms with Gasteiger partial charge in [-0.3, -0.25) is 15.1 Å². The second-order valence-corrected chi connectivity index (χ2v) is 5.76. The van der Waals surface area contributed by atoms with Crippen molar-refractivity contribution < 1.29 is 23.2 Å². The van der Waals surface area contributed by atoms with Crippen LogP contribution < -0.4 is 20.1 Å². The molecule has 0 radical (unpaired) electrons. The van der Waals surface area contributed by atoms with Crippen molar-refractivity contribution >= 4 is 11.6 Å². The van der Waals surface area contributed by atoms with E-state index < -0.39 is 11.5 Å². The predicted octanol–water partition coefficient (Wildman–Crippen LogP) is 3.46. The molecule has 0 spiro atoms. The second-order valence-electron chi connectivity index (χ2n) is 5.76. The Morgan fingerprint density at radius 2 is 1.86 bits per heavy atom. The summed E-state index contributed by atoms with van der Waals surface area (Å²) in [5.41, 5.74) is 1.31. The third-order valence-corrected chi connectivity index (χ3v) is 3.84. The van der Waals surface area contributed by atoms with Crippen molar-refractivity contribution in [2.45, 2.75) is 26.6 Å². The Kier molecular flexibility index (Phi) is 8.13. The molecule has 0 saturated heterocycles. The van der Waals surface area contributed by atoms with Crippen LogP contribution in [0.15, 0.2) is 47.5 Å². The van der Waals surface area contributed by atoms with Gasteiger partial charge in [-0.25, -0.2) is 0 Å². The Balaban J connectivity index is 2.01. The Hall–Kier alpha value is -3.43. The highest BCUT2D eigenvalue weighted by Gasteiger charge is 2.16. The van der Waals surface area contributed by atoms with E-state index in [4.69, 9.17) is 4.74 Å². The van der Waals surface area contributed by atoms with E-state index in [0.29, 0.717) is 24.7 Å². The summed E-state index contributed by atoms with van der Waals surface area (Å²) in [6.45, 7) is -0.370.